The summed E-state index contributed by atoms with van der Waals surface area (Å²) in [6.45, 7) is 7.71. The minimum atomic E-state index is -0.250. The first-order valence-electron chi connectivity index (χ1n) is 11.6. The molecule has 2 saturated heterocycles. The van der Waals surface area contributed by atoms with Crippen molar-refractivity contribution in [3.05, 3.63) is 63.6 Å². The minimum Gasteiger partial charge on any atom is -0.497 e. The fourth-order valence-electron chi connectivity index (χ4n) is 5.33. The first-order chi connectivity index (χ1) is 16.1. The van der Waals surface area contributed by atoms with Crippen molar-refractivity contribution in [1.29, 1.82) is 0 Å². The van der Waals surface area contributed by atoms with Gasteiger partial charge in [-0.2, -0.15) is 0 Å². The Morgan fingerprint density at radius 2 is 1.76 bits per heavy atom. The van der Waals surface area contributed by atoms with Gasteiger partial charge in [-0.1, -0.05) is 18.2 Å². The van der Waals surface area contributed by atoms with E-state index in [9.17, 15) is 4.79 Å². The Bertz CT molecular complexity index is 985. The van der Waals surface area contributed by atoms with Crippen LogP contribution in [0.25, 0.3) is 0 Å². The Labute approximate surface area is 194 Å². The normalized spacial score (nSPS) is 22.6. The lowest BCUT2D eigenvalue weighted by Gasteiger charge is -2.43. The van der Waals surface area contributed by atoms with E-state index in [1.54, 1.807) is 7.11 Å². The number of benzene rings is 1. The molecule has 2 fully saturated rings. The maximum absolute atomic E-state index is 13.2. The molecule has 1 N–H and O–H groups in total. The Kier molecular flexibility index (Phi) is 7.80. The van der Waals surface area contributed by atoms with Crippen LogP contribution in [0.4, 0.5) is 0 Å². The molecule has 8 nitrogen and oxygen atoms in total. The molecule has 4 heterocycles. The molecule has 0 aliphatic carbocycles. The van der Waals surface area contributed by atoms with Gasteiger partial charge in [0.2, 0.25) is 0 Å². The fourth-order valence-corrected chi connectivity index (χ4v) is 5.33. The fraction of sp³-hybridized carbons (Fsp3) is 0.520. The molecule has 0 spiro atoms. The number of methoxy groups -OCH3 is 1. The monoisotopic (exact) mass is 455 g/mol. The maximum Gasteiger partial charge on any atom is 0.290 e. The molecule has 178 valence electrons. The van der Waals surface area contributed by atoms with Crippen LogP contribution in [-0.2, 0) is 29.2 Å². The van der Waals surface area contributed by atoms with Gasteiger partial charge in [-0.25, -0.2) is 0 Å². The van der Waals surface area contributed by atoms with E-state index in [1.807, 2.05) is 12.1 Å². The molecule has 8 heteroatoms. The molecule has 2 bridgehead atoms. The lowest BCUT2D eigenvalue weighted by atomic mass is 9.82. The predicted octanol–water partition coefficient (Wildman–Crippen LogP) is 2.01. The zero-order valence-electron chi connectivity index (χ0n) is 19.2. The smallest absolute Gasteiger partial charge is 0.290 e. The largest absolute Gasteiger partial charge is 0.497 e. The summed E-state index contributed by atoms with van der Waals surface area (Å²) in [7, 11) is 1.70. The zero-order chi connectivity index (χ0) is 23.2. The number of nitrogens with zero attached hydrogens (tertiary/aromatic N) is 3. The second kappa shape index (κ2) is 11.0. The van der Waals surface area contributed by atoms with Crippen molar-refractivity contribution in [2.45, 2.75) is 32.0 Å². The average Bonchev–Trinajstić information content (AvgIpc) is 2.83. The van der Waals surface area contributed by atoms with Crippen LogP contribution in [-0.4, -0.2) is 72.4 Å². The summed E-state index contributed by atoms with van der Waals surface area (Å²) in [6.07, 6.45) is 1.20. The first-order valence-corrected chi connectivity index (χ1v) is 11.6. The minimum absolute atomic E-state index is 0.220. The van der Waals surface area contributed by atoms with Crippen LogP contribution in [0.1, 0.15) is 29.2 Å². The molecule has 1 aromatic heterocycles. The Balaban J connectivity index is 0.000000821. The highest BCUT2D eigenvalue weighted by molar-refractivity contribution is 5.32. The highest BCUT2D eigenvalue weighted by Gasteiger charge is 2.35. The number of morpholine rings is 1. The molecule has 5 rings (SSSR count). The van der Waals surface area contributed by atoms with Crippen LogP contribution in [0, 0.1) is 5.92 Å². The van der Waals surface area contributed by atoms with Crippen molar-refractivity contribution in [2.24, 2.45) is 5.92 Å². The summed E-state index contributed by atoms with van der Waals surface area (Å²) in [6, 6.07) is 12.7. The van der Waals surface area contributed by atoms with Gasteiger partial charge in [0.1, 0.15) is 5.75 Å². The average molecular weight is 456 g/mol. The molecule has 3 aliphatic rings. The van der Waals surface area contributed by atoms with Crippen LogP contribution in [0.5, 0.6) is 5.75 Å². The first kappa shape index (κ1) is 23.5. The number of carbonyl (C=O) groups is 1. The molecule has 2 atom stereocenters. The predicted molar refractivity (Wildman–Crippen MR) is 125 cm³/mol. The van der Waals surface area contributed by atoms with Crippen molar-refractivity contribution in [2.75, 3.05) is 46.5 Å². The number of piperidine rings is 1. The van der Waals surface area contributed by atoms with Crippen LogP contribution in [0.3, 0.4) is 0 Å². The van der Waals surface area contributed by atoms with E-state index in [4.69, 9.17) is 19.4 Å². The SMILES string of the molecule is COc1ccc(CN2C[C@@H]3C[C@H](C2)c2ccc(CN4CCOCC4)c(=O)n2C3)cc1.O=CO. The van der Waals surface area contributed by atoms with E-state index in [2.05, 4.69) is 38.6 Å². The summed E-state index contributed by atoms with van der Waals surface area (Å²) in [5.41, 5.74) is 3.68. The van der Waals surface area contributed by atoms with Crippen LogP contribution in [0.15, 0.2) is 41.2 Å². The number of hydrogen-bond donors (Lipinski definition) is 1. The van der Waals surface area contributed by atoms with E-state index in [-0.39, 0.29) is 12.0 Å². The Morgan fingerprint density at radius 3 is 2.45 bits per heavy atom. The summed E-state index contributed by atoms with van der Waals surface area (Å²) in [5.74, 6) is 1.89. The van der Waals surface area contributed by atoms with E-state index < -0.39 is 0 Å². The van der Waals surface area contributed by atoms with Gasteiger partial charge in [0.15, 0.2) is 0 Å². The van der Waals surface area contributed by atoms with E-state index >= 15 is 0 Å². The third-order valence-corrected chi connectivity index (χ3v) is 6.82. The molecule has 3 aliphatic heterocycles. The number of fused-ring (bicyclic) bond motifs is 4. The molecule has 0 unspecified atom stereocenters. The molecule has 2 aromatic rings. The second-order valence-electron chi connectivity index (χ2n) is 9.03. The van der Waals surface area contributed by atoms with E-state index in [0.29, 0.717) is 11.8 Å². The molecular weight excluding hydrogens is 422 g/mol. The van der Waals surface area contributed by atoms with Gasteiger partial charge < -0.3 is 19.1 Å². The van der Waals surface area contributed by atoms with E-state index in [0.717, 1.165) is 70.3 Å². The van der Waals surface area contributed by atoms with Crippen molar-refractivity contribution in [3.8, 4) is 5.75 Å². The second-order valence-corrected chi connectivity index (χ2v) is 9.03. The number of ether oxygens (including phenoxy) is 2. The standard InChI is InChI=1S/C24H31N3O3.CH2O2/c1-29-22-5-2-18(3-6-22)13-26-14-19-12-21(17-26)23-7-4-20(24(28)27(23)15-19)16-25-8-10-30-11-9-25;2-1-3/h2-7,19,21H,8-17H2,1H3;1H,(H,2,3)/t19-,21+;/m0./s1. The third-order valence-electron chi connectivity index (χ3n) is 6.82. The van der Waals surface area contributed by atoms with Gasteiger partial charge in [-0.15, -0.1) is 0 Å². The molecule has 0 saturated carbocycles. The number of likely N-dealkylation sites (tertiary alicyclic amines) is 1. The summed E-state index contributed by atoms with van der Waals surface area (Å²) in [5, 5.41) is 6.89. The van der Waals surface area contributed by atoms with Crippen molar-refractivity contribution in [3.63, 3.8) is 0 Å². The van der Waals surface area contributed by atoms with Crippen molar-refractivity contribution < 1.29 is 19.4 Å². The number of rotatable bonds is 5. The van der Waals surface area contributed by atoms with Gasteiger partial charge in [-0.05, 0) is 36.1 Å². The maximum atomic E-state index is 13.2. The zero-order valence-corrected chi connectivity index (χ0v) is 19.2. The number of pyridine rings is 1. The number of hydrogen-bond acceptors (Lipinski definition) is 6. The van der Waals surface area contributed by atoms with Gasteiger partial charge >= 0.3 is 0 Å². The summed E-state index contributed by atoms with van der Waals surface area (Å²) < 4.78 is 12.8. The molecule has 0 amide bonds. The quantitative estimate of drug-likeness (QED) is 0.691. The molecule has 1 aromatic carbocycles. The molecule has 33 heavy (non-hydrogen) atoms. The van der Waals surface area contributed by atoms with Gasteiger partial charge in [-0.3, -0.25) is 19.4 Å². The van der Waals surface area contributed by atoms with Crippen LogP contribution in [0.2, 0.25) is 0 Å². The van der Waals surface area contributed by atoms with Gasteiger partial charge in [0, 0.05) is 63.0 Å². The number of aromatic nitrogens is 1. The highest BCUT2D eigenvalue weighted by Crippen LogP contribution is 2.35. The highest BCUT2D eigenvalue weighted by atomic mass is 16.5. The third kappa shape index (κ3) is 5.63. The molecular formula is C25H33N3O5. The Hall–Kier alpha value is -2.68. The van der Waals surface area contributed by atoms with Crippen molar-refractivity contribution in [1.82, 2.24) is 14.4 Å². The summed E-state index contributed by atoms with van der Waals surface area (Å²) >= 11 is 0. The van der Waals surface area contributed by atoms with Crippen LogP contribution >= 0.6 is 0 Å². The lowest BCUT2D eigenvalue weighted by Crippen LogP contribution is -2.47. The van der Waals surface area contributed by atoms with Crippen molar-refractivity contribution >= 4 is 6.47 Å². The topological polar surface area (TPSA) is 84.2 Å². The van der Waals surface area contributed by atoms with E-state index in [1.165, 1.54) is 17.7 Å². The number of carboxylic acid groups (broad SMARTS) is 1. The lowest BCUT2D eigenvalue weighted by molar-refractivity contribution is -0.122. The van der Waals surface area contributed by atoms with Gasteiger partial charge in [0.05, 0.1) is 20.3 Å². The van der Waals surface area contributed by atoms with Crippen LogP contribution < -0.4 is 10.3 Å². The van der Waals surface area contributed by atoms with Gasteiger partial charge in [0.25, 0.3) is 12.0 Å². The molecule has 0 radical (unpaired) electrons. The Morgan fingerprint density at radius 1 is 1.03 bits per heavy atom. The summed E-state index contributed by atoms with van der Waals surface area (Å²) in [4.78, 5) is 26.5.